The van der Waals surface area contributed by atoms with Crippen LogP contribution in [0, 0.1) is 6.92 Å². The summed E-state index contributed by atoms with van der Waals surface area (Å²) in [6.45, 7) is 12.8. The first-order chi connectivity index (χ1) is 14.0. The summed E-state index contributed by atoms with van der Waals surface area (Å²) >= 11 is 0. The van der Waals surface area contributed by atoms with Crippen LogP contribution in [0.2, 0.25) is 32.2 Å². The molecule has 0 unspecified atom stereocenters. The number of hydrogen-bond donors (Lipinski definition) is 0. The smallest absolute Gasteiger partial charge is 0.343 e. The normalized spacial score (nSPS) is 11.3. The van der Waals surface area contributed by atoms with Crippen LogP contribution in [0.5, 0.6) is 11.5 Å². The summed E-state index contributed by atoms with van der Waals surface area (Å²) in [5.74, 6) is 0.871. The van der Waals surface area contributed by atoms with Crippen molar-refractivity contribution in [2.45, 2.75) is 46.1 Å². The van der Waals surface area contributed by atoms with Gasteiger partial charge in [-0.15, -0.1) is 0 Å². The van der Waals surface area contributed by atoms with Crippen molar-refractivity contribution in [3.8, 4) is 11.5 Å². The number of carbonyl (C=O) groups excluding carboxylic acids is 1. The molecule has 7 heteroatoms. The third-order valence-electron chi connectivity index (χ3n) is 4.86. The summed E-state index contributed by atoms with van der Waals surface area (Å²) in [6.07, 6.45) is 0.566. The van der Waals surface area contributed by atoms with Crippen molar-refractivity contribution < 1.29 is 23.1 Å². The monoisotopic (exact) mass is 448 g/mol. The second-order valence-electron chi connectivity index (χ2n) is 8.30. The van der Waals surface area contributed by atoms with E-state index < -0.39 is 16.6 Å². The van der Waals surface area contributed by atoms with Gasteiger partial charge in [-0.25, -0.2) is 4.79 Å². The summed E-state index contributed by atoms with van der Waals surface area (Å²) < 4.78 is 21.7. The average Bonchev–Trinajstić information content (AvgIpc) is 2.75. The maximum atomic E-state index is 12.1. The standard InChI is InChI=1S/C18H22O4Si.C5H14OSi/c1-14-5-9-17(10-6-14)22-18(19)15-7-11-16(12-8-15)21-13-23(3,4)20-2;1-5-7(3,4)6-2/h5-12H,13H2,1-4H3;5H2,1-4H3. The summed E-state index contributed by atoms with van der Waals surface area (Å²) in [5.41, 5.74) is 1.61. The van der Waals surface area contributed by atoms with Crippen LogP contribution >= 0.6 is 0 Å². The van der Waals surface area contributed by atoms with Gasteiger partial charge in [0.1, 0.15) is 17.7 Å². The number of benzene rings is 2. The number of carbonyl (C=O) groups is 1. The van der Waals surface area contributed by atoms with Gasteiger partial charge in [0, 0.05) is 14.2 Å². The van der Waals surface area contributed by atoms with Crippen LogP contribution in [0.15, 0.2) is 48.5 Å². The van der Waals surface area contributed by atoms with Crippen LogP contribution in [0.25, 0.3) is 0 Å². The predicted octanol–water partition coefficient (Wildman–Crippen LogP) is 5.84. The van der Waals surface area contributed by atoms with E-state index in [2.05, 4.69) is 33.1 Å². The minimum Gasteiger partial charge on any atom is -0.494 e. The molecule has 2 rings (SSSR count). The molecule has 0 aliphatic rings. The SMILES string of the molecule is CC[Si](C)(C)OC.CO[Si](C)(C)COc1ccc(C(=O)Oc2ccc(C)cc2)cc1. The van der Waals surface area contributed by atoms with Crippen molar-refractivity contribution in [2.24, 2.45) is 0 Å². The van der Waals surface area contributed by atoms with Gasteiger partial charge in [-0.05, 0) is 75.6 Å². The molecule has 0 spiro atoms. The Kier molecular flexibility index (Phi) is 10.5. The lowest BCUT2D eigenvalue weighted by Crippen LogP contribution is -2.37. The van der Waals surface area contributed by atoms with Gasteiger partial charge in [-0.2, -0.15) is 0 Å². The van der Waals surface area contributed by atoms with Crippen molar-refractivity contribution in [2.75, 3.05) is 20.4 Å². The zero-order chi connectivity index (χ0) is 22.8. The maximum Gasteiger partial charge on any atom is 0.343 e. The van der Waals surface area contributed by atoms with Gasteiger partial charge >= 0.3 is 5.97 Å². The molecule has 0 atom stereocenters. The van der Waals surface area contributed by atoms with Crippen LogP contribution in [-0.4, -0.2) is 43.1 Å². The van der Waals surface area contributed by atoms with E-state index in [0.29, 0.717) is 17.5 Å². The molecule has 166 valence electrons. The highest BCUT2D eigenvalue weighted by molar-refractivity contribution is 6.71. The van der Waals surface area contributed by atoms with E-state index in [4.69, 9.17) is 18.3 Å². The molecule has 0 N–H and O–H groups in total. The molecule has 30 heavy (non-hydrogen) atoms. The van der Waals surface area contributed by atoms with Crippen LogP contribution in [0.3, 0.4) is 0 Å². The lowest BCUT2D eigenvalue weighted by atomic mass is 10.2. The number of esters is 1. The van der Waals surface area contributed by atoms with Crippen molar-refractivity contribution in [1.29, 1.82) is 0 Å². The number of ether oxygens (including phenoxy) is 2. The Morgan fingerprint density at radius 1 is 0.800 bits per heavy atom. The second-order valence-corrected chi connectivity index (χ2v) is 17.1. The van der Waals surface area contributed by atoms with Gasteiger partial charge in [-0.1, -0.05) is 24.6 Å². The molecule has 0 fully saturated rings. The Bertz CT molecular complexity index is 765. The largest absolute Gasteiger partial charge is 0.494 e. The zero-order valence-corrected chi connectivity index (χ0v) is 21.6. The van der Waals surface area contributed by atoms with Gasteiger partial charge in [-0.3, -0.25) is 0 Å². The van der Waals surface area contributed by atoms with Crippen molar-refractivity contribution >= 4 is 22.6 Å². The van der Waals surface area contributed by atoms with E-state index in [9.17, 15) is 4.79 Å². The van der Waals surface area contributed by atoms with Gasteiger partial charge in [0.15, 0.2) is 8.32 Å². The van der Waals surface area contributed by atoms with E-state index >= 15 is 0 Å². The first kappa shape index (κ1) is 26.1. The summed E-state index contributed by atoms with van der Waals surface area (Å²) in [6, 6.07) is 15.5. The Morgan fingerprint density at radius 3 is 1.73 bits per heavy atom. The molecule has 0 aliphatic heterocycles. The maximum absolute atomic E-state index is 12.1. The molecule has 0 aliphatic carbocycles. The Morgan fingerprint density at radius 2 is 1.30 bits per heavy atom. The molecule has 0 heterocycles. The molecule has 0 bridgehead atoms. The molecule has 2 aromatic rings. The predicted molar refractivity (Wildman–Crippen MR) is 128 cm³/mol. The third kappa shape index (κ3) is 9.71. The fraction of sp³-hybridized carbons (Fsp3) is 0.435. The fourth-order valence-corrected chi connectivity index (χ4v) is 2.84. The first-order valence-electron chi connectivity index (χ1n) is 10.1. The molecule has 0 aromatic heterocycles. The first-order valence-corrected chi connectivity index (χ1v) is 16.4. The van der Waals surface area contributed by atoms with E-state index in [-0.39, 0.29) is 5.97 Å². The van der Waals surface area contributed by atoms with Crippen LogP contribution in [0.1, 0.15) is 22.8 Å². The summed E-state index contributed by atoms with van der Waals surface area (Å²) in [7, 11) is 0.593. The topological polar surface area (TPSA) is 54.0 Å². The molecule has 5 nitrogen and oxygen atoms in total. The van der Waals surface area contributed by atoms with Crippen LogP contribution in [-0.2, 0) is 8.85 Å². The van der Waals surface area contributed by atoms with E-state index in [1.807, 2.05) is 19.1 Å². The van der Waals surface area contributed by atoms with Gasteiger partial charge in [0.05, 0.1) is 5.56 Å². The molecule has 0 saturated carbocycles. The van der Waals surface area contributed by atoms with Crippen LogP contribution in [0.4, 0.5) is 0 Å². The molecular weight excluding hydrogens is 412 g/mol. The van der Waals surface area contributed by atoms with Gasteiger partial charge < -0.3 is 18.3 Å². The van der Waals surface area contributed by atoms with E-state index in [0.717, 1.165) is 11.3 Å². The molecule has 2 aromatic carbocycles. The number of hydrogen-bond acceptors (Lipinski definition) is 5. The van der Waals surface area contributed by atoms with Gasteiger partial charge in [0.25, 0.3) is 0 Å². The van der Waals surface area contributed by atoms with Crippen LogP contribution < -0.4 is 9.47 Å². The average molecular weight is 449 g/mol. The summed E-state index contributed by atoms with van der Waals surface area (Å²) in [5, 5.41) is 0. The Balaban J connectivity index is 0.000000553. The number of rotatable bonds is 8. The quantitative estimate of drug-likeness (QED) is 0.288. The minimum absolute atomic E-state index is 0.382. The van der Waals surface area contributed by atoms with Crippen molar-refractivity contribution in [1.82, 2.24) is 0 Å². The lowest BCUT2D eigenvalue weighted by molar-refractivity contribution is 0.0734. The molecular formula is C23H36O5Si2. The zero-order valence-electron chi connectivity index (χ0n) is 19.6. The highest BCUT2D eigenvalue weighted by atomic mass is 28.4. The van der Waals surface area contributed by atoms with Crippen molar-refractivity contribution in [3.63, 3.8) is 0 Å². The minimum atomic E-state index is -1.77. The highest BCUT2D eigenvalue weighted by Crippen LogP contribution is 2.17. The second kappa shape index (κ2) is 12.0. The number of aryl methyl sites for hydroxylation is 1. The highest BCUT2D eigenvalue weighted by Gasteiger charge is 2.21. The molecule has 0 radical (unpaired) electrons. The lowest BCUT2D eigenvalue weighted by Gasteiger charge is -2.20. The van der Waals surface area contributed by atoms with Crippen molar-refractivity contribution in [3.05, 3.63) is 59.7 Å². The van der Waals surface area contributed by atoms with Gasteiger partial charge in [0.2, 0.25) is 8.32 Å². The van der Waals surface area contributed by atoms with E-state index in [1.54, 1.807) is 50.6 Å². The molecule has 0 saturated heterocycles. The summed E-state index contributed by atoms with van der Waals surface area (Å²) in [4.78, 5) is 12.1. The Hall–Kier alpha value is -1.94. The Labute approximate surface area is 183 Å². The van der Waals surface area contributed by atoms with E-state index in [1.165, 1.54) is 6.04 Å². The third-order valence-corrected chi connectivity index (χ3v) is 9.62. The molecule has 0 amide bonds. The fourth-order valence-electron chi connectivity index (χ4n) is 1.92.